The highest BCUT2D eigenvalue weighted by molar-refractivity contribution is 7.89. The molecular weight excluding hydrogens is 290 g/mol. The van der Waals surface area contributed by atoms with Gasteiger partial charge in [0.2, 0.25) is 10.0 Å². The van der Waals surface area contributed by atoms with Gasteiger partial charge in [0.1, 0.15) is 11.6 Å². The molecule has 0 aromatic carbocycles. The molecule has 0 unspecified atom stereocenters. The second-order valence-electron chi connectivity index (χ2n) is 6.13. The fourth-order valence-corrected chi connectivity index (χ4v) is 3.58. The van der Waals surface area contributed by atoms with Gasteiger partial charge in [-0.15, -0.1) is 10.2 Å². The van der Waals surface area contributed by atoms with E-state index < -0.39 is 10.0 Å². The minimum atomic E-state index is -3.08. The van der Waals surface area contributed by atoms with Gasteiger partial charge in [0.05, 0.1) is 12.3 Å². The molecule has 2 heterocycles. The van der Waals surface area contributed by atoms with E-state index in [2.05, 4.69) is 19.7 Å². The predicted molar refractivity (Wildman–Crippen MR) is 79.4 cm³/mol. The lowest BCUT2D eigenvalue weighted by Gasteiger charge is -2.27. The first-order chi connectivity index (χ1) is 9.97. The highest BCUT2D eigenvalue weighted by atomic mass is 32.2. The second kappa shape index (κ2) is 5.66. The lowest BCUT2D eigenvalue weighted by atomic mass is 10.3. The number of fused-ring (bicyclic) bond motifs is 1. The maximum Gasteiger partial charge on any atom is 0.213 e. The van der Waals surface area contributed by atoms with Gasteiger partial charge < -0.3 is 4.57 Å². The summed E-state index contributed by atoms with van der Waals surface area (Å²) in [7, 11) is 0.0780. The molecule has 1 aliphatic heterocycles. The van der Waals surface area contributed by atoms with Gasteiger partial charge in [-0.1, -0.05) is 0 Å². The molecule has 1 aliphatic carbocycles. The Balaban J connectivity index is 1.53. The van der Waals surface area contributed by atoms with Crippen LogP contribution < -0.4 is 0 Å². The van der Waals surface area contributed by atoms with Crippen LogP contribution in [0.5, 0.6) is 0 Å². The van der Waals surface area contributed by atoms with Crippen molar-refractivity contribution in [3.63, 3.8) is 0 Å². The summed E-state index contributed by atoms with van der Waals surface area (Å²) in [5, 5.41) is 8.62. The van der Waals surface area contributed by atoms with Crippen LogP contribution in [0.3, 0.4) is 0 Å². The summed E-state index contributed by atoms with van der Waals surface area (Å²) in [5.41, 5.74) is 0. The van der Waals surface area contributed by atoms with Crippen LogP contribution in [0.15, 0.2) is 0 Å². The SMILES string of the molecule is CN(C)S(=O)(=O)CCCN1CCn2c(nnc2C2CC2)C1. The third-order valence-electron chi connectivity index (χ3n) is 4.24. The summed E-state index contributed by atoms with van der Waals surface area (Å²) in [6.45, 7) is 3.45. The van der Waals surface area contributed by atoms with Crippen LogP contribution >= 0.6 is 0 Å². The molecule has 1 fully saturated rings. The van der Waals surface area contributed by atoms with Crippen LogP contribution in [0, 0.1) is 0 Å². The van der Waals surface area contributed by atoms with E-state index in [1.54, 1.807) is 14.1 Å². The van der Waals surface area contributed by atoms with E-state index in [0.29, 0.717) is 12.3 Å². The van der Waals surface area contributed by atoms with Crippen LogP contribution in [-0.4, -0.2) is 65.3 Å². The Morgan fingerprint density at radius 2 is 2.00 bits per heavy atom. The number of aromatic nitrogens is 3. The molecule has 1 saturated carbocycles. The third kappa shape index (κ3) is 3.27. The van der Waals surface area contributed by atoms with E-state index in [4.69, 9.17) is 0 Å². The highest BCUT2D eigenvalue weighted by Crippen LogP contribution is 2.39. The molecule has 2 aliphatic rings. The van der Waals surface area contributed by atoms with Gasteiger partial charge in [0.15, 0.2) is 0 Å². The number of hydrogen-bond donors (Lipinski definition) is 0. The van der Waals surface area contributed by atoms with Crippen LogP contribution in [0.4, 0.5) is 0 Å². The first-order valence-corrected chi connectivity index (χ1v) is 9.13. The zero-order valence-electron chi connectivity index (χ0n) is 12.7. The molecule has 0 spiro atoms. The molecule has 0 N–H and O–H groups in total. The second-order valence-corrected chi connectivity index (χ2v) is 8.43. The molecule has 0 amide bonds. The summed E-state index contributed by atoms with van der Waals surface area (Å²) in [5.74, 6) is 3.01. The number of hydrogen-bond acceptors (Lipinski definition) is 5. The van der Waals surface area contributed by atoms with Crippen molar-refractivity contribution in [3.05, 3.63) is 11.6 Å². The van der Waals surface area contributed by atoms with Crippen molar-refractivity contribution in [1.29, 1.82) is 0 Å². The van der Waals surface area contributed by atoms with Crippen molar-refractivity contribution >= 4 is 10.0 Å². The zero-order chi connectivity index (χ0) is 15.0. The van der Waals surface area contributed by atoms with Crippen LogP contribution in [-0.2, 0) is 23.1 Å². The summed E-state index contributed by atoms with van der Waals surface area (Å²) >= 11 is 0. The van der Waals surface area contributed by atoms with E-state index in [1.165, 1.54) is 17.1 Å². The van der Waals surface area contributed by atoms with E-state index in [-0.39, 0.29) is 5.75 Å². The summed E-state index contributed by atoms with van der Waals surface area (Å²) < 4.78 is 27.0. The van der Waals surface area contributed by atoms with Crippen molar-refractivity contribution in [2.24, 2.45) is 0 Å². The lowest BCUT2D eigenvalue weighted by molar-refractivity contribution is 0.216. The molecule has 8 heteroatoms. The van der Waals surface area contributed by atoms with Crippen LogP contribution in [0.25, 0.3) is 0 Å². The molecule has 0 saturated heterocycles. The summed E-state index contributed by atoms with van der Waals surface area (Å²) in [6, 6.07) is 0. The minimum absolute atomic E-state index is 0.205. The normalized spacial score (nSPS) is 20.0. The maximum atomic E-state index is 11.7. The Morgan fingerprint density at radius 3 is 2.67 bits per heavy atom. The first-order valence-electron chi connectivity index (χ1n) is 7.52. The Hall–Kier alpha value is -0.990. The van der Waals surface area contributed by atoms with Gasteiger partial charge in [-0.25, -0.2) is 12.7 Å². The van der Waals surface area contributed by atoms with Crippen molar-refractivity contribution in [2.45, 2.75) is 38.3 Å². The van der Waals surface area contributed by atoms with Crippen molar-refractivity contribution in [3.8, 4) is 0 Å². The smallest absolute Gasteiger partial charge is 0.213 e. The first kappa shape index (κ1) is 14.9. The molecule has 1 aromatic rings. The highest BCUT2D eigenvalue weighted by Gasteiger charge is 2.31. The molecular formula is C13H23N5O2S. The Labute approximate surface area is 126 Å². The molecule has 21 heavy (non-hydrogen) atoms. The molecule has 118 valence electrons. The van der Waals surface area contributed by atoms with Crippen molar-refractivity contribution < 1.29 is 8.42 Å². The average Bonchev–Trinajstić information content (AvgIpc) is 3.18. The van der Waals surface area contributed by atoms with Crippen LogP contribution in [0.2, 0.25) is 0 Å². The van der Waals surface area contributed by atoms with Gasteiger partial charge in [-0.3, -0.25) is 4.90 Å². The Bertz CT molecular complexity index is 606. The Morgan fingerprint density at radius 1 is 1.24 bits per heavy atom. The lowest BCUT2D eigenvalue weighted by Crippen LogP contribution is -2.36. The van der Waals surface area contributed by atoms with Gasteiger partial charge in [-0.05, 0) is 25.8 Å². The van der Waals surface area contributed by atoms with Gasteiger partial charge >= 0.3 is 0 Å². The quantitative estimate of drug-likeness (QED) is 0.753. The van der Waals surface area contributed by atoms with E-state index in [1.807, 2.05) is 0 Å². The predicted octanol–water partition coefficient (Wildman–Crippen LogP) is 0.253. The van der Waals surface area contributed by atoms with E-state index >= 15 is 0 Å². The molecule has 7 nitrogen and oxygen atoms in total. The van der Waals surface area contributed by atoms with E-state index in [0.717, 1.165) is 37.8 Å². The standard InChI is InChI=1S/C13H23N5O2S/c1-16(2)21(19,20)9-3-6-17-7-8-18-12(10-17)14-15-13(18)11-4-5-11/h11H,3-10H2,1-2H3. The fraction of sp³-hybridized carbons (Fsp3) is 0.846. The summed E-state index contributed by atoms with van der Waals surface area (Å²) in [6.07, 6.45) is 3.14. The molecule has 0 atom stereocenters. The average molecular weight is 313 g/mol. The van der Waals surface area contributed by atoms with Crippen molar-refractivity contribution in [1.82, 2.24) is 24.0 Å². The molecule has 0 radical (unpaired) electrons. The maximum absolute atomic E-state index is 11.7. The van der Waals surface area contributed by atoms with Gasteiger partial charge in [0.25, 0.3) is 0 Å². The Kier molecular flexibility index (Phi) is 4.02. The molecule has 0 bridgehead atoms. The minimum Gasteiger partial charge on any atom is -0.312 e. The number of nitrogens with zero attached hydrogens (tertiary/aromatic N) is 5. The number of rotatable bonds is 6. The molecule has 1 aromatic heterocycles. The summed E-state index contributed by atoms with van der Waals surface area (Å²) in [4.78, 5) is 2.27. The van der Waals surface area contributed by atoms with Crippen LogP contribution in [0.1, 0.15) is 36.8 Å². The largest absolute Gasteiger partial charge is 0.312 e. The third-order valence-corrected chi connectivity index (χ3v) is 6.15. The topological polar surface area (TPSA) is 71.3 Å². The van der Waals surface area contributed by atoms with Gasteiger partial charge in [-0.2, -0.15) is 0 Å². The zero-order valence-corrected chi connectivity index (χ0v) is 13.5. The fourth-order valence-electron chi connectivity index (χ4n) is 2.72. The monoisotopic (exact) mass is 313 g/mol. The van der Waals surface area contributed by atoms with Gasteiger partial charge in [0, 0.05) is 33.1 Å². The van der Waals surface area contributed by atoms with E-state index in [9.17, 15) is 8.42 Å². The van der Waals surface area contributed by atoms with Crippen molar-refractivity contribution in [2.75, 3.05) is 32.9 Å². The molecule has 3 rings (SSSR count). The number of sulfonamides is 1.